The molecular formula is C17H24FN3O2. The largest absolute Gasteiger partial charge is 0.334 e. The molecule has 0 saturated carbocycles. The Labute approximate surface area is 136 Å². The summed E-state index contributed by atoms with van der Waals surface area (Å²) in [6.45, 7) is 4.90. The lowest BCUT2D eigenvalue weighted by atomic mass is 10.1. The molecule has 0 spiro atoms. The Kier molecular flexibility index (Phi) is 5.71. The molecular weight excluding hydrogens is 297 g/mol. The van der Waals surface area contributed by atoms with E-state index in [2.05, 4.69) is 5.32 Å². The van der Waals surface area contributed by atoms with E-state index in [4.69, 9.17) is 5.73 Å². The molecule has 1 aliphatic rings. The van der Waals surface area contributed by atoms with E-state index in [1.54, 1.807) is 11.0 Å². The molecule has 0 radical (unpaired) electrons. The molecule has 1 atom stereocenters. The van der Waals surface area contributed by atoms with E-state index < -0.39 is 5.82 Å². The molecule has 5 nitrogen and oxygen atoms in total. The monoisotopic (exact) mass is 321 g/mol. The SMILES string of the molecule is CC(C)CC(=O)Nc1ccc(C(=O)N2CCCC2CN)cc1F. The smallest absolute Gasteiger partial charge is 0.254 e. The second-order valence-electron chi connectivity index (χ2n) is 6.37. The van der Waals surface area contributed by atoms with Crippen molar-refractivity contribution < 1.29 is 14.0 Å². The van der Waals surface area contributed by atoms with Crippen molar-refractivity contribution in [1.82, 2.24) is 4.90 Å². The maximum absolute atomic E-state index is 14.2. The van der Waals surface area contributed by atoms with Crippen LogP contribution in [0.3, 0.4) is 0 Å². The first-order chi connectivity index (χ1) is 10.9. The van der Waals surface area contributed by atoms with E-state index in [0.29, 0.717) is 19.5 Å². The molecule has 126 valence electrons. The molecule has 2 rings (SSSR count). The molecule has 1 saturated heterocycles. The van der Waals surface area contributed by atoms with Crippen LogP contribution in [0.15, 0.2) is 18.2 Å². The first kappa shape index (κ1) is 17.4. The van der Waals surface area contributed by atoms with Crippen molar-refractivity contribution in [1.29, 1.82) is 0 Å². The number of carbonyl (C=O) groups excluding carboxylic acids is 2. The van der Waals surface area contributed by atoms with Gasteiger partial charge in [0, 0.05) is 31.1 Å². The van der Waals surface area contributed by atoms with Gasteiger partial charge < -0.3 is 16.0 Å². The highest BCUT2D eigenvalue weighted by atomic mass is 19.1. The number of hydrogen-bond acceptors (Lipinski definition) is 3. The zero-order valence-corrected chi connectivity index (χ0v) is 13.6. The number of halogens is 1. The average Bonchev–Trinajstić information content (AvgIpc) is 2.96. The third-order valence-corrected chi connectivity index (χ3v) is 3.99. The summed E-state index contributed by atoms with van der Waals surface area (Å²) < 4.78 is 14.2. The first-order valence-electron chi connectivity index (χ1n) is 8.02. The predicted octanol–water partition coefficient (Wildman–Crippen LogP) is 2.37. The van der Waals surface area contributed by atoms with Gasteiger partial charge in [-0.1, -0.05) is 13.8 Å². The van der Waals surface area contributed by atoms with E-state index in [9.17, 15) is 14.0 Å². The Hall–Kier alpha value is -1.95. The summed E-state index contributed by atoms with van der Waals surface area (Å²) in [6, 6.07) is 4.19. The van der Waals surface area contributed by atoms with Crippen LogP contribution in [0.4, 0.5) is 10.1 Å². The summed E-state index contributed by atoms with van der Waals surface area (Å²) in [5.41, 5.74) is 6.06. The van der Waals surface area contributed by atoms with Crippen molar-refractivity contribution >= 4 is 17.5 Å². The van der Waals surface area contributed by atoms with Crippen LogP contribution in [-0.2, 0) is 4.79 Å². The number of anilines is 1. The summed E-state index contributed by atoms with van der Waals surface area (Å²) in [7, 11) is 0. The molecule has 0 aliphatic carbocycles. The second kappa shape index (κ2) is 7.55. The zero-order valence-electron chi connectivity index (χ0n) is 13.6. The van der Waals surface area contributed by atoms with Gasteiger partial charge in [-0.2, -0.15) is 0 Å². The fraction of sp³-hybridized carbons (Fsp3) is 0.529. The van der Waals surface area contributed by atoms with Crippen LogP contribution < -0.4 is 11.1 Å². The van der Waals surface area contributed by atoms with Crippen molar-refractivity contribution in [2.45, 2.75) is 39.2 Å². The van der Waals surface area contributed by atoms with Crippen LogP contribution in [0.5, 0.6) is 0 Å². The van der Waals surface area contributed by atoms with Gasteiger partial charge >= 0.3 is 0 Å². The highest BCUT2D eigenvalue weighted by Gasteiger charge is 2.28. The summed E-state index contributed by atoms with van der Waals surface area (Å²) in [5.74, 6) is -0.851. The van der Waals surface area contributed by atoms with Crippen LogP contribution in [0.2, 0.25) is 0 Å². The molecule has 23 heavy (non-hydrogen) atoms. The molecule has 1 aliphatic heterocycles. The van der Waals surface area contributed by atoms with Gasteiger partial charge in [-0.25, -0.2) is 4.39 Å². The second-order valence-corrected chi connectivity index (χ2v) is 6.37. The fourth-order valence-corrected chi connectivity index (χ4v) is 2.84. The molecule has 1 heterocycles. The van der Waals surface area contributed by atoms with Crippen molar-refractivity contribution in [3.05, 3.63) is 29.6 Å². The molecule has 1 aromatic carbocycles. The standard InChI is InChI=1S/C17H24FN3O2/c1-11(2)8-16(22)20-15-6-5-12(9-14(15)18)17(23)21-7-3-4-13(21)10-19/h5-6,9,11,13H,3-4,7-8,10,19H2,1-2H3,(H,20,22). The van der Waals surface area contributed by atoms with Gasteiger partial charge in [-0.05, 0) is 37.0 Å². The first-order valence-corrected chi connectivity index (χ1v) is 8.02. The van der Waals surface area contributed by atoms with Crippen molar-refractivity contribution in [3.8, 4) is 0 Å². The number of benzene rings is 1. The predicted molar refractivity (Wildman–Crippen MR) is 87.6 cm³/mol. The minimum Gasteiger partial charge on any atom is -0.334 e. The number of nitrogens with two attached hydrogens (primary N) is 1. The number of carbonyl (C=O) groups is 2. The zero-order chi connectivity index (χ0) is 17.0. The van der Waals surface area contributed by atoms with Gasteiger partial charge in [0.2, 0.25) is 5.91 Å². The van der Waals surface area contributed by atoms with Gasteiger partial charge in [-0.3, -0.25) is 9.59 Å². The Morgan fingerprint density at radius 1 is 1.43 bits per heavy atom. The minimum atomic E-state index is -0.601. The van der Waals surface area contributed by atoms with Crippen molar-refractivity contribution in [2.24, 2.45) is 11.7 Å². The number of nitrogens with one attached hydrogen (secondary N) is 1. The maximum atomic E-state index is 14.2. The summed E-state index contributed by atoms with van der Waals surface area (Å²) in [5, 5.41) is 2.54. The molecule has 0 bridgehead atoms. The van der Waals surface area contributed by atoms with Crippen molar-refractivity contribution in [2.75, 3.05) is 18.4 Å². The Bertz CT molecular complexity index is 589. The van der Waals surface area contributed by atoms with Gasteiger partial charge in [-0.15, -0.1) is 0 Å². The topological polar surface area (TPSA) is 75.4 Å². The van der Waals surface area contributed by atoms with E-state index in [1.807, 2.05) is 13.8 Å². The molecule has 3 N–H and O–H groups in total. The molecule has 2 amide bonds. The molecule has 1 fully saturated rings. The lowest BCUT2D eigenvalue weighted by Crippen LogP contribution is -2.39. The van der Waals surface area contributed by atoms with E-state index in [1.165, 1.54) is 12.1 Å². The number of nitrogens with zero attached hydrogens (tertiary/aromatic N) is 1. The highest BCUT2D eigenvalue weighted by molar-refractivity contribution is 5.96. The Morgan fingerprint density at radius 2 is 2.17 bits per heavy atom. The van der Waals surface area contributed by atoms with Crippen molar-refractivity contribution in [3.63, 3.8) is 0 Å². The minimum absolute atomic E-state index is 0.0241. The summed E-state index contributed by atoms with van der Waals surface area (Å²) >= 11 is 0. The number of hydrogen-bond donors (Lipinski definition) is 2. The van der Waals surface area contributed by atoms with Gasteiger partial charge in [0.25, 0.3) is 5.91 Å². The van der Waals surface area contributed by atoms with Gasteiger partial charge in [0.05, 0.1) is 5.69 Å². The molecule has 0 aromatic heterocycles. The van der Waals surface area contributed by atoms with E-state index in [-0.39, 0.29) is 35.0 Å². The van der Waals surface area contributed by atoms with E-state index in [0.717, 1.165) is 12.8 Å². The normalized spacial score (nSPS) is 17.6. The third-order valence-electron chi connectivity index (χ3n) is 3.99. The number of rotatable bonds is 5. The van der Waals surface area contributed by atoms with Crippen LogP contribution in [0.1, 0.15) is 43.5 Å². The summed E-state index contributed by atoms with van der Waals surface area (Å²) in [6.07, 6.45) is 2.12. The third kappa shape index (κ3) is 4.28. The van der Waals surface area contributed by atoms with Gasteiger partial charge in [0.15, 0.2) is 0 Å². The highest BCUT2D eigenvalue weighted by Crippen LogP contribution is 2.22. The molecule has 1 unspecified atom stereocenters. The summed E-state index contributed by atoms with van der Waals surface area (Å²) in [4.78, 5) is 25.9. The molecule has 6 heteroatoms. The van der Waals surface area contributed by atoms with Crippen LogP contribution >= 0.6 is 0 Å². The molecule has 1 aromatic rings. The Morgan fingerprint density at radius 3 is 2.78 bits per heavy atom. The maximum Gasteiger partial charge on any atom is 0.254 e. The average molecular weight is 321 g/mol. The fourth-order valence-electron chi connectivity index (χ4n) is 2.84. The quantitative estimate of drug-likeness (QED) is 0.874. The number of likely N-dealkylation sites (tertiary alicyclic amines) is 1. The van der Waals surface area contributed by atoms with E-state index >= 15 is 0 Å². The Balaban J connectivity index is 2.09. The van der Waals surface area contributed by atoms with Crippen LogP contribution in [0.25, 0.3) is 0 Å². The van der Waals surface area contributed by atoms with Gasteiger partial charge in [0.1, 0.15) is 5.82 Å². The van der Waals surface area contributed by atoms with Crippen LogP contribution in [-0.4, -0.2) is 35.8 Å². The lowest BCUT2D eigenvalue weighted by molar-refractivity contribution is -0.116. The van der Waals surface area contributed by atoms with Crippen LogP contribution in [0, 0.1) is 11.7 Å². The number of amides is 2. The lowest BCUT2D eigenvalue weighted by Gasteiger charge is -2.23.